The molecule has 0 spiro atoms. The first-order chi connectivity index (χ1) is 14.4. The molecule has 3 aromatic rings. The van der Waals surface area contributed by atoms with Crippen molar-refractivity contribution in [1.29, 1.82) is 0 Å². The molecule has 0 amide bonds. The van der Waals surface area contributed by atoms with Crippen molar-refractivity contribution in [2.45, 2.75) is 37.8 Å². The topological polar surface area (TPSA) is 116 Å². The van der Waals surface area contributed by atoms with Gasteiger partial charge >= 0.3 is 5.97 Å². The van der Waals surface area contributed by atoms with Crippen molar-refractivity contribution >= 4 is 33.3 Å². The Labute approximate surface area is 179 Å². The molecule has 1 aromatic heterocycles. The van der Waals surface area contributed by atoms with E-state index < -0.39 is 16.0 Å². The molecule has 11 heteroatoms. The van der Waals surface area contributed by atoms with Crippen molar-refractivity contribution < 1.29 is 17.9 Å². The minimum absolute atomic E-state index is 0.0697. The number of hydrogen-bond acceptors (Lipinski definition) is 7. The number of aryl methyl sites for hydroxylation is 1. The molecule has 1 N–H and O–H groups in total. The number of aromatic nitrogens is 4. The van der Waals surface area contributed by atoms with Crippen LogP contribution in [-0.2, 0) is 27.9 Å². The summed E-state index contributed by atoms with van der Waals surface area (Å²) in [5, 5.41) is 11.8. The third kappa shape index (κ3) is 5.55. The van der Waals surface area contributed by atoms with Crippen LogP contribution in [-0.4, -0.2) is 34.6 Å². The predicted octanol–water partition coefficient (Wildman–Crippen LogP) is 3.28. The maximum absolute atomic E-state index is 12.6. The summed E-state index contributed by atoms with van der Waals surface area (Å²) >= 11 is 5.81. The molecule has 0 radical (unpaired) electrons. The van der Waals surface area contributed by atoms with Crippen LogP contribution in [0.15, 0.2) is 53.4 Å². The molecule has 0 aliphatic rings. The third-order valence-electron chi connectivity index (χ3n) is 4.14. The Morgan fingerprint density at radius 1 is 1.20 bits per heavy atom. The van der Waals surface area contributed by atoms with Gasteiger partial charge in [-0.2, -0.15) is 0 Å². The molecule has 0 aliphatic heterocycles. The summed E-state index contributed by atoms with van der Waals surface area (Å²) in [6.07, 6.45) is 1.87. The number of sulfonamides is 1. The molecule has 158 valence electrons. The van der Waals surface area contributed by atoms with Gasteiger partial charge in [0.15, 0.2) is 12.4 Å². The quantitative estimate of drug-likeness (QED) is 0.498. The van der Waals surface area contributed by atoms with E-state index >= 15 is 0 Å². The maximum atomic E-state index is 12.6. The smallest absolute Gasteiger partial charge is 0.338 e. The van der Waals surface area contributed by atoms with E-state index in [-0.39, 0.29) is 17.1 Å². The third-order valence-corrected chi connectivity index (χ3v) is 5.77. The van der Waals surface area contributed by atoms with E-state index in [1.165, 1.54) is 24.3 Å². The number of nitrogens with zero attached hydrogens (tertiary/aromatic N) is 4. The van der Waals surface area contributed by atoms with Gasteiger partial charge in [-0.05, 0) is 59.3 Å². The predicted molar refractivity (Wildman–Crippen MR) is 111 cm³/mol. The summed E-state index contributed by atoms with van der Waals surface area (Å²) in [6, 6.07) is 11.8. The lowest BCUT2D eigenvalue weighted by atomic mass is 10.2. The minimum atomic E-state index is -3.89. The zero-order valence-corrected chi connectivity index (χ0v) is 17.7. The Kier molecular flexibility index (Phi) is 7.01. The minimum Gasteiger partial charge on any atom is -0.454 e. The molecule has 0 unspecified atom stereocenters. The first kappa shape index (κ1) is 21.7. The molecule has 0 atom stereocenters. The second kappa shape index (κ2) is 9.68. The summed E-state index contributed by atoms with van der Waals surface area (Å²) in [6.45, 7) is 2.56. The number of rotatable bonds is 9. The van der Waals surface area contributed by atoms with E-state index in [0.717, 1.165) is 12.8 Å². The molecule has 2 aromatic carbocycles. The van der Waals surface area contributed by atoms with E-state index in [1.54, 1.807) is 28.9 Å². The number of halogens is 1. The van der Waals surface area contributed by atoms with Gasteiger partial charge in [0.25, 0.3) is 10.0 Å². The molecule has 30 heavy (non-hydrogen) atoms. The number of benzene rings is 2. The fourth-order valence-electron chi connectivity index (χ4n) is 2.54. The van der Waals surface area contributed by atoms with Crippen molar-refractivity contribution in [3.8, 4) is 0 Å². The Hall–Kier alpha value is -2.98. The van der Waals surface area contributed by atoms with E-state index in [0.29, 0.717) is 23.1 Å². The summed E-state index contributed by atoms with van der Waals surface area (Å²) in [7, 11) is -3.89. The molecule has 0 bridgehead atoms. The molecule has 1 heterocycles. The molecule has 0 aliphatic carbocycles. The van der Waals surface area contributed by atoms with Crippen LogP contribution < -0.4 is 4.72 Å². The first-order valence-corrected chi connectivity index (χ1v) is 11.1. The van der Waals surface area contributed by atoms with Gasteiger partial charge in [-0.3, -0.25) is 4.72 Å². The standard InChI is InChI=1S/C19H20ClN5O4S/c1-2-3-11-25-18(21-23-24-25)13-29-19(26)14-5-4-6-17(12-14)30(27,28)22-16-9-7-15(20)8-10-16/h4-10,12,22H,2-3,11,13H2,1H3. The largest absolute Gasteiger partial charge is 0.454 e. The number of anilines is 1. The molecule has 0 saturated heterocycles. The summed E-state index contributed by atoms with van der Waals surface area (Å²) in [5.41, 5.74) is 0.452. The number of nitrogens with one attached hydrogen (secondary N) is 1. The highest BCUT2D eigenvalue weighted by atomic mass is 35.5. The SMILES string of the molecule is CCCCn1nnnc1COC(=O)c1cccc(S(=O)(=O)Nc2ccc(Cl)cc2)c1. The van der Waals surface area contributed by atoms with Gasteiger partial charge in [-0.25, -0.2) is 17.9 Å². The van der Waals surface area contributed by atoms with E-state index in [4.69, 9.17) is 16.3 Å². The number of esters is 1. The Balaban J connectivity index is 1.69. The molecule has 3 rings (SSSR count). The molecular formula is C19H20ClN5O4S. The highest BCUT2D eigenvalue weighted by molar-refractivity contribution is 7.92. The van der Waals surface area contributed by atoms with Crippen LogP contribution in [0, 0.1) is 0 Å². The van der Waals surface area contributed by atoms with E-state index in [2.05, 4.69) is 20.2 Å². The lowest BCUT2D eigenvalue weighted by Gasteiger charge is -2.10. The van der Waals surface area contributed by atoms with Gasteiger partial charge in [0, 0.05) is 17.3 Å². The number of carbonyl (C=O) groups excluding carboxylic acids is 1. The molecular weight excluding hydrogens is 430 g/mol. The number of tetrazole rings is 1. The second-order valence-electron chi connectivity index (χ2n) is 6.39. The zero-order valence-electron chi connectivity index (χ0n) is 16.2. The fraction of sp³-hybridized carbons (Fsp3) is 0.263. The van der Waals surface area contributed by atoms with Crippen LogP contribution in [0.5, 0.6) is 0 Å². The average Bonchev–Trinajstić information content (AvgIpc) is 3.19. The summed E-state index contributed by atoms with van der Waals surface area (Å²) in [5.74, 6) is -0.256. The van der Waals surface area contributed by atoms with Gasteiger partial charge in [-0.1, -0.05) is 31.0 Å². The lowest BCUT2D eigenvalue weighted by Crippen LogP contribution is -2.15. The zero-order chi connectivity index (χ0) is 21.6. The van der Waals surface area contributed by atoms with Gasteiger partial charge < -0.3 is 4.74 Å². The summed E-state index contributed by atoms with van der Waals surface area (Å²) in [4.78, 5) is 12.3. The van der Waals surface area contributed by atoms with Crippen molar-refractivity contribution in [3.05, 3.63) is 64.9 Å². The summed E-state index contributed by atoms with van der Waals surface area (Å²) < 4.78 is 34.5. The van der Waals surface area contributed by atoms with Gasteiger partial charge in [0.2, 0.25) is 0 Å². The van der Waals surface area contributed by atoms with Crippen molar-refractivity contribution in [2.24, 2.45) is 0 Å². The number of hydrogen-bond donors (Lipinski definition) is 1. The first-order valence-electron chi connectivity index (χ1n) is 9.19. The fourth-order valence-corrected chi connectivity index (χ4v) is 3.77. The molecule has 0 fully saturated rings. The van der Waals surface area contributed by atoms with E-state index in [1.807, 2.05) is 6.92 Å². The number of carbonyl (C=O) groups is 1. The Morgan fingerprint density at radius 3 is 2.70 bits per heavy atom. The number of ether oxygens (including phenoxy) is 1. The monoisotopic (exact) mass is 449 g/mol. The Bertz CT molecular complexity index is 1120. The van der Waals surface area contributed by atoms with Gasteiger partial charge in [-0.15, -0.1) is 5.10 Å². The van der Waals surface area contributed by atoms with Crippen LogP contribution in [0.25, 0.3) is 0 Å². The van der Waals surface area contributed by atoms with Crippen molar-refractivity contribution in [2.75, 3.05) is 4.72 Å². The van der Waals surface area contributed by atoms with Crippen LogP contribution in [0.1, 0.15) is 35.9 Å². The number of unbranched alkanes of at least 4 members (excludes halogenated alkanes) is 1. The van der Waals surface area contributed by atoms with Gasteiger partial charge in [0.05, 0.1) is 10.5 Å². The Morgan fingerprint density at radius 2 is 1.97 bits per heavy atom. The molecule has 0 saturated carbocycles. The normalized spacial score (nSPS) is 11.3. The van der Waals surface area contributed by atoms with Crippen molar-refractivity contribution in [1.82, 2.24) is 20.2 Å². The van der Waals surface area contributed by atoms with Crippen LogP contribution in [0.4, 0.5) is 5.69 Å². The second-order valence-corrected chi connectivity index (χ2v) is 8.51. The lowest BCUT2D eigenvalue weighted by molar-refractivity contribution is 0.0456. The van der Waals surface area contributed by atoms with E-state index in [9.17, 15) is 13.2 Å². The van der Waals surface area contributed by atoms with Crippen molar-refractivity contribution in [3.63, 3.8) is 0 Å². The van der Waals surface area contributed by atoms with Crippen LogP contribution >= 0.6 is 11.6 Å². The maximum Gasteiger partial charge on any atom is 0.338 e. The average molecular weight is 450 g/mol. The molecule has 9 nitrogen and oxygen atoms in total. The van der Waals surface area contributed by atoms with Crippen LogP contribution in [0.3, 0.4) is 0 Å². The highest BCUT2D eigenvalue weighted by Crippen LogP contribution is 2.19. The van der Waals surface area contributed by atoms with Gasteiger partial charge in [0.1, 0.15) is 0 Å². The highest BCUT2D eigenvalue weighted by Gasteiger charge is 2.18. The van der Waals surface area contributed by atoms with Crippen LogP contribution in [0.2, 0.25) is 5.02 Å².